The fraction of sp³-hybridized carbons (Fsp3) is 0.500. The van der Waals surface area contributed by atoms with Crippen LogP contribution in [0.15, 0.2) is 18.2 Å². The van der Waals surface area contributed by atoms with Crippen LogP contribution in [0, 0.1) is 17.6 Å². The molecule has 1 aromatic carbocycles. The summed E-state index contributed by atoms with van der Waals surface area (Å²) < 4.78 is 26.2. The van der Waals surface area contributed by atoms with Gasteiger partial charge in [0.2, 0.25) is 0 Å². The summed E-state index contributed by atoms with van der Waals surface area (Å²) >= 11 is 0. The van der Waals surface area contributed by atoms with Crippen molar-refractivity contribution in [2.45, 2.75) is 31.8 Å². The predicted molar refractivity (Wildman–Crippen MR) is 53.4 cm³/mol. The fourth-order valence-electron chi connectivity index (χ4n) is 1.91. The van der Waals surface area contributed by atoms with Gasteiger partial charge in [0.1, 0.15) is 11.6 Å². The number of aliphatic hydroxyl groups is 1. The number of hydrogen-bond donors (Lipinski definition) is 1. The molecule has 0 saturated heterocycles. The van der Waals surface area contributed by atoms with Gasteiger partial charge in [0, 0.05) is 6.42 Å². The summed E-state index contributed by atoms with van der Waals surface area (Å²) in [6.07, 6.45) is 2.13. The first kappa shape index (κ1) is 10.6. The van der Waals surface area contributed by atoms with Crippen LogP contribution in [0.3, 0.4) is 0 Å². The first-order valence-electron chi connectivity index (χ1n) is 5.15. The first-order valence-corrected chi connectivity index (χ1v) is 5.15. The summed E-state index contributed by atoms with van der Waals surface area (Å²) in [5, 5.41) is 10.0. The predicted octanol–water partition coefficient (Wildman–Crippen LogP) is 2.67. The maximum atomic E-state index is 13.3. The molecule has 82 valence electrons. The highest BCUT2D eigenvalue weighted by Gasteiger charge is 2.40. The molecule has 1 nitrogen and oxygen atoms in total. The lowest BCUT2D eigenvalue weighted by atomic mass is 9.91. The molecule has 15 heavy (non-hydrogen) atoms. The highest BCUT2D eigenvalue weighted by Crippen LogP contribution is 2.41. The van der Waals surface area contributed by atoms with Gasteiger partial charge in [0.05, 0.1) is 5.60 Å². The van der Waals surface area contributed by atoms with E-state index in [1.54, 1.807) is 6.92 Å². The van der Waals surface area contributed by atoms with Gasteiger partial charge in [-0.1, -0.05) is 0 Å². The van der Waals surface area contributed by atoms with E-state index in [1.165, 1.54) is 0 Å². The van der Waals surface area contributed by atoms with Gasteiger partial charge in [-0.3, -0.25) is 0 Å². The van der Waals surface area contributed by atoms with Crippen LogP contribution in [-0.4, -0.2) is 10.7 Å². The molecule has 1 unspecified atom stereocenters. The summed E-state index contributed by atoms with van der Waals surface area (Å²) in [7, 11) is 0. The van der Waals surface area contributed by atoms with Crippen LogP contribution in [0.4, 0.5) is 8.78 Å². The van der Waals surface area contributed by atoms with Crippen LogP contribution < -0.4 is 0 Å². The Morgan fingerprint density at radius 1 is 1.40 bits per heavy atom. The van der Waals surface area contributed by atoms with Gasteiger partial charge in [-0.2, -0.15) is 0 Å². The fourth-order valence-corrected chi connectivity index (χ4v) is 1.91. The molecule has 0 aliphatic heterocycles. The summed E-state index contributed by atoms with van der Waals surface area (Å²) in [4.78, 5) is 0. The van der Waals surface area contributed by atoms with Crippen LogP contribution in [-0.2, 0) is 6.42 Å². The molecule has 1 saturated carbocycles. The summed E-state index contributed by atoms with van der Waals surface area (Å²) in [5.41, 5.74) is -0.652. The lowest BCUT2D eigenvalue weighted by molar-refractivity contribution is 0.0363. The smallest absolute Gasteiger partial charge is 0.126 e. The number of benzene rings is 1. The van der Waals surface area contributed by atoms with Crippen LogP contribution in [0.2, 0.25) is 0 Å². The minimum Gasteiger partial charge on any atom is -0.390 e. The van der Waals surface area contributed by atoms with Crippen LogP contribution in [0.25, 0.3) is 0 Å². The molecule has 1 aromatic rings. The van der Waals surface area contributed by atoms with E-state index in [1.807, 2.05) is 0 Å². The maximum Gasteiger partial charge on any atom is 0.126 e. The van der Waals surface area contributed by atoms with Crippen molar-refractivity contribution in [1.82, 2.24) is 0 Å². The third-order valence-corrected chi connectivity index (χ3v) is 3.01. The van der Waals surface area contributed by atoms with E-state index in [9.17, 15) is 13.9 Å². The summed E-state index contributed by atoms with van der Waals surface area (Å²) in [6.45, 7) is 1.69. The molecular weight excluding hydrogens is 198 g/mol. The molecule has 0 spiro atoms. The Morgan fingerprint density at radius 2 is 2.07 bits per heavy atom. The molecule has 1 aliphatic rings. The number of halogens is 2. The second-order valence-corrected chi connectivity index (χ2v) is 4.54. The summed E-state index contributed by atoms with van der Waals surface area (Å²) in [6, 6.07) is 3.35. The largest absolute Gasteiger partial charge is 0.390 e. The SMILES string of the molecule is CC(O)(Cc1cc(F)ccc1F)C1CC1. The highest BCUT2D eigenvalue weighted by atomic mass is 19.1. The van der Waals surface area contributed by atoms with Crippen molar-refractivity contribution in [2.24, 2.45) is 5.92 Å². The average Bonchev–Trinajstić information content (AvgIpc) is 2.93. The van der Waals surface area contributed by atoms with Gasteiger partial charge in [0.15, 0.2) is 0 Å². The normalized spacial score (nSPS) is 20.0. The van der Waals surface area contributed by atoms with Crippen molar-refractivity contribution in [2.75, 3.05) is 0 Å². The van der Waals surface area contributed by atoms with Crippen molar-refractivity contribution >= 4 is 0 Å². The van der Waals surface area contributed by atoms with E-state index in [0.717, 1.165) is 31.0 Å². The molecule has 2 rings (SSSR count). The van der Waals surface area contributed by atoms with Crippen molar-refractivity contribution in [3.05, 3.63) is 35.4 Å². The standard InChI is InChI=1S/C12H14F2O/c1-12(15,9-2-3-9)7-8-6-10(13)4-5-11(8)14/h4-6,9,15H,2-3,7H2,1H3. The van der Waals surface area contributed by atoms with Gasteiger partial charge in [-0.25, -0.2) is 8.78 Å². The lowest BCUT2D eigenvalue weighted by Gasteiger charge is -2.23. The average molecular weight is 212 g/mol. The quantitative estimate of drug-likeness (QED) is 0.816. The van der Waals surface area contributed by atoms with Gasteiger partial charge in [-0.15, -0.1) is 0 Å². The second-order valence-electron chi connectivity index (χ2n) is 4.54. The van der Waals surface area contributed by atoms with Crippen LogP contribution >= 0.6 is 0 Å². The van der Waals surface area contributed by atoms with Crippen molar-refractivity contribution < 1.29 is 13.9 Å². The van der Waals surface area contributed by atoms with E-state index < -0.39 is 17.2 Å². The third kappa shape index (κ3) is 2.34. The van der Waals surface area contributed by atoms with E-state index in [0.29, 0.717) is 0 Å². The molecule has 0 aromatic heterocycles. The van der Waals surface area contributed by atoms with Gasteiger partial charge < -0.3 is 5.11 Å². The monoisotopic (exact) mass is 212 g/mol. The van der Waals surface area contributed by atoms with E-state index >= 15 is 0 Å². The van der Waals surface area contributed by atoms with E-state index in [-0.39, 0.29) is 17.9 Å². The molecule has 0 heterocycles. The molecule has 1 aliphatic carbocycles. The van der Waals surface area contributed by atoms with Crippen molar-refractivity contribution in [3.8, 4) is 0 Å². The zero-order valence-corrected chi connectivity index (χ0v) is 8.63. The maximum absolute atomic E-state index is 13.3. The van der Waals surface area contributed by atoms with Gasteiger partial charge >= 0.3 is 0 Å². The van der Waals surface area contributed by atoms with Gasteiger partial charge in [0.25, 0.3) is 0 Å². The zero-order valence-electron chi connectivity index (χ0n) is 8.63. The summed E-state index contributed by atoms with van der Waals surface area (Å²) in [5.74, 6) is -0.671. The zero-order chi connectivity index (χ0) is 11.1. The van der Waals surface area contributed by atoms with Crippen molar-refractivity contribution in [3.63, 3.8) is 0 Å². The Labute approximate surface area is 87.7 Å². The van der Waals surface area contributed by atoms with Crippen molar-refractivity contribution in [1.29, 1.82) is 0 Å². The minimum absolute atomic E-state index is 0.182. The molecule has 0 radical (unpaired) electrons. The van der Waals surface area contributed by atoms with Crippen LogP contribution in [0.5, 0.6) is 0 Å². The molecule has 1 atom stereocenters. The Balaban J connectivity index is 2.19. The Bertz CT molecular complexity index is 370. The molecule has 0 amide bonds. The Hall–Kier alpha value is -0.960. The molecule has 0 bridgehead atoms. The molecular formula is C12H14F2O. The number of rotatable bonds is 3. The lowest BCUT2D eigenvalue weighted by Crippen LogP contribution is -2.30. The van der Waals surface area contributed by atoms with E-state index in [4.69, 9.17) is 0 Å². The second kappa shape index (κ2) is 3.56. The molecule has 1 fully saturated rings. The van der Waals surface area contributed by atoms with Gasteiger partial charge in [-0.05, 0) is 49.4 Å². The topological polar surface area (TPSA) is 20.2 Å². The third-order valence-electron chi connectivity index (χ3n) is 3.01. The Morgan fingerprint density at radius 3 is 2.67 bits per heavy atom. The molecule has 1 N–H and O–H groups in total. The van der Waals surface area contributed by atoms with E-state index in [2.05, 4.69) is 0 Å². The highest BCUT2D eigenvalue weighted by molar-refractivity contribution is 5.21. The first-order chi connectivity index (χ1) is 6.99. The van der Waals surface area contributed by atoms with Crippen LogP contribution in [0.1, 0.15) is 25.3 Å². The minimum atomic E-state index is -0.908. The molecule has 3 heteroatoms. The number of hydrogen-bond acceptors (Lipinski definition) is 1. The Kier molecular flexibility index (Phi) is 2.51.